The van der Waals surface area contributed by atoms with Gasteiger partial charge in [-0.3, -0.25) is 0 Å². The molecule has 0 saturated carbocycles. The lowest BCUT2D eigenvalue weighted by atomic mass is 10.1. The van der Waals surface area contributed by atoms with E-state index in [9.17, 15) is 4.79 Å². The lowest BCUT2D eigenvalue weighted by Crippen LogP contribution is -2.00. The summed E-state index contributed by atoms with van der Waals surface area (Å²) in [5.74, 6) is 0.333. The Hall–Kier alpha value is -3.31. The van der Waals surface area contributed by atoms with Gasteiger partial charge in [-0.1, -0.05) is 48.5 Å². The number of hydrogen-bond donors (Lipinski definition) is 0. The average Bonchev–Trinajstić information content (AvgIpc) is 3.09. The second kappa shape index (κ2) is 6.14. The van der Waals surface area contributed by atoms with Gasteiger partial charge in [-0.15, -0.1) is 11.3 Å². The Kier molecular flexibility index (Phi) is 3.62. The molecule has 5 aromatic rings. The normalized spacial score (nSPS) is 11.3. The zero-order valence-corrected chi connectivity index (χ0v) is 15.3. The Bertz CT molecular complexity index is 1340. The first kappa shape index (κ1) is 15.9. The number of pyridine rings is 1. The van der Waals surface area contributed by atoms with Gasteiger partial charge in [0.1, 0.15) is 15.0 Å². The van der Waals surface area contributed by atoms with Crippen molar-refractivity contribution < 1.29 is 4.42 Å². The van der Waals surface area contributed by atoms with Crippen LogP contribution in [0.2, 0.25) is 0 Å². The number of thiophene rings is 1. The number of aromatic nitrogens is 2. The number of aryl methyl sites for hydroxylation is 1. The third-order valence-electron chi connectivity index (χ3n) is 4.51. The van der Waals surface area contributed by atoms with Gasteiger partial charge < -0.3 is 4.42 Å². The summed E-state index contributed by atoms with van der Waals surface area (Å²) in [6, 6.07) is 21.5. The average molecular weight is 370 g/mol. The van der Waals surface area contributed by atoms with E-state index in [0.717, 1.165) is 32.6 Å². The highest BCUT2D eigenvalue weighted by Crippen LogP contribution is 2.35. The predicted octanol–water partition coefficient (Wildman–Crippen LogP) is 5.44. The molecule has 5 rings (SSSR count). The summed E-state index contributed by atoms with van der Waals surface area (Å²) in [7, 11) is 0. The van der Waals surface area contributed by atoms with Crippen LogP contribution in [0.3, 0.4) is 0 Å². The maximum atomic E-state index is 12.6. The van der Waals surface area contributed by atoms with Crippen LogP contribution in [0.1, 0.15) is 5.56 Å². The summed E-state index contributed by atoms with van der Waals surface area (Å²) < 4.78 is 5.98. The molecule has 5 heteroatoms. The Morgan fingerprint density at radius 2 is 1.56 bits per heavy atom. The lowest BCUT2D eigenvalue weighted by Gasteiger charge is -2.04. The monoisotopic (exact) mass is 370 g/mol. The van der Waals surface area contributed by atoms with E-state index in [-0.39, 0.29) is 5.63 Å². The maximum Gasteiger partial charge on any atom is 0.357 e. The molecule has 130 valence electrons. The second-order valence-electron chi connectivity index (χ2n) is 6.32. The van der Waals surface area contributed by atoms with E-state index in [0.29, 0.717) is 16.1 Å². The largest absolute Gasteiger partial charge is 0.403 e. The van der Waals surface area contributed by atoms with Gasteiger partial charge >= 0.3 is 5.63 Å². The first-order valence-corrected chi connectivity index (χ1v) is 9.38. The van der Waals surface area contributed by atoms with Gasteiger partial charge in [-0.2, -0.15) is 0 Å². The molecule has 0 bridgehead atoms. The summed E-state index contributed by atoms with van der Waals surface area (Å²) in [4.78, 5) is 22.8. The van der Waals surface area contributed by atoms with Crippen molar-refractivity contribution in [2.75, 3.05) is 0 Å². The SMILES string of the molecule is Cc1cc(-c2ccccc2)nc2sc3c(=O)oc(-c4ccccc4)nc3c12. The smallest absolute Gasteiger partial charge is 0.357 e. The lowest BCUT2D eigenvalue weighted by molar-refractivity contribution is 0.520. The van der Waals surface area contributed by atoms with Crippen LogP contribution in [0.15, 0.2) is 75.9 Å². The molecule has 0 fully saturated rings. The van der Waals surface area contributed by atoms with E-state index in [1.807, 2.05) is 73.7 Å². The molecule has 0 aliphatic heterocycles. The molecule has 4 nitrogen and oxygen atoms in total. The van der Waals surface area contributed by atoms with Gasteiger partial charge in [0.15, 0.2) is 0 Å². The highest BCUT2D eigenvalue weighted by Gasteiger charge is 2.17. The van der Waals surface area contributed by atoms with Crippen molar-refractivity contribution in [3.05, 3.63) is 82.7 Å². The summed E-state index contributed by atoms with van der Waals surface area (Å²) in [5.41, 5.74) is 4.05. The van der Waals surface area contributed by atoms with Crippen molar-refractivity contribution >= 4 is 31.8 Å². The van der Waals surface area contributed by atoms with E-state index in [4.69, 9.17) is 9.40 Å². The van der Waals surface area contributed by atoms with E-state index >= 15 is 0 Å². The summed E-state index contributed by atoms with van der Waals surface area (Å²) >= 11 is 1.34. The Morgan fingerprint density at radius 1 is 0.889 bits per heavy atom. The van der Waals surface area contributed by atoms with E-state index in [2.05, 4.69) is 4.98 Å². The van der Waals surface area contributed by atoms with Gasteiger partial charge in [0.2, 0.25) is 5.89 Å². The van der Waals surface area contributed by atoms with Crippen LogP contribution < -0.4 is 5.63 Å². The third-order valence-corrected chi connectivity index (χ3v) is 5.57. The molecule has 0 N–H and O–H groups in total. The van der Waals surface area contributed by atoms with Crippen LogP contribution in [0.5, 0.6) is 0 Å². The first-order valence-electron chi connectivity index (χ1n) is 8.56. The Morgan fingerprint density at radius 3 is 2.26 bits per heavy atom. The van der Waals surface area contributed by atoms with Gasteiger partial charge in [0.25, 0.3) is 0 Å². The molecule has 0 amide bonds. The van der Waals surface area contributed by atoms with E-state index in [1.165, 1.54) is 11.3 Å². The molecule has 0 atom stereocenters. The van der Waals surface area contributed by atoms with E-state index in [1.54, 1.807) is 0 Å². The highest BCUT2D eigenvalue weighted by molar-refractivity contribution is 7.25. The molecule has 0 aliphatic carbocycles. The van der Waals surface area contributed by atoms with E-state index < -0.39 is 0 Å². The maximum absolute atomic E-state index is 12.6. The minimum absolute atomic E-state index is 0.333. The molecule has 3 heterocycles. The first-order chi connectivity index (χ1) is 13.2. The van der Waals surface area contributed by atoms with Crippen molar-refractivity contribution in [3.8, 4) is 22.7 Å². The molecule has 2 aromatic carbocycles. The zero-order valence-electron chi connectivity index (χ0n) is 14.5. The van der Waals surface area contributed by atoms with Gasteiger partial charge in [0, 0.05) is 16.5 Å². The fourth-order valence-corrected chi connectivity index (χ4v) is 4.29. The minimum atomic E-state index is -0.373. The topological polar surface area (TPSA) is 56.0 Å². The Labute approximate surface area is 158 Å². The molecule has 27 heavy (non-hydrogen) atoms. The fourth-order valence-electron chi connectivity index (χ4n) is 3.23. The minimum Gasteiger partial charge on any atom is -0.403 e. The van der Waals surface area contributed by atoms with Crippen LogP contribution in [0.4, 0.5) is 0 Å². The van der Waals surface area contributed by atoms with Crippen molar-refractivity contribution in [2.45, 2.75) is 6.92 Å². The fraction of sp³-hybridized carbons (Fsp3) is 0.0455. The predicted molar refractivity (Wildman–Crippen MR) is 109 cm³/mol. The van der Waals surface area contributed by atoms with Crippen LogP contribution in [0, 0.1) is 6.92 Å². The number of fused-ring (bicyclic) bond motifs is 3. The zero-order chi connectivity index (χ0) is 18.4. The third kappa shape index (κ3) is 2.64. The molecule has 0 aliphatic rings. The number of nitrogens with zero attached hydrogens (tertiary/aromatic N) is 2. The molecule has 0 spiro atoms. The highest BCUT2D eigenvalue weighted by atomic mass is 32.1. The van der Waals surface area contributed by atoms with Gasteiger partial charge in [-0.05, 0) is 30.7 Å². The molecule has 0 unspecified atom stereocenters. The van der Waals surface area contributed by atoms with Crippen LogP contribution in [0.25, 0.3) is 43.1 Å². The van der Waals surface area contributed by atoms with Crippen molar-refractivity contribution in [2.24, 2.45) is 0 Å². The summed E-state index contributed by atoms with van der Waals surface area (Å²) in [6.45, 7) is 2.03. The quantitative estimate of drug-likeness (QED) is 0.415. The van der Waals surface area contributed by atoms with Crippen LogP contribution in [-0.4, -0.2) is 9.97 Å². The van der Waals surface area contributed by atoms with Crippen LogP contribution >= 0.6 is 11.3 Å². The standard InChI is InChI=1S/C22H14N2O2S/c1-13-12-16(14-8-4-2-5-9-14)23-21-17(13)18-19(27-21)22(25)26-20(24-18)15-10-6-3-7-11-15/h2-12H,1H3. The Balaban J connectivity index is 1.80. The molecule has 0 radical (unpaired) electrons. The number of hydrogen-bond acceptors (Lipinski definition) is 5. The van der Waals surface area contributed by atoms with Gasteiger partial charge in [-0.25, -0.2) is 14.8 Å². The summed E-state index contributed by atoms with van der Waals surface area (Å²) in [6.07, 6.45) is 0. The van der Waals surface area contributed by atoms with Crippen molar-refractivity contribution in [3.63, 3.8) is 0 Å². The molecular weight excluding hydrogens is 356 g/mol. The van der Waals surface area contributed by atoms with Crippen LogP contribution in [-0.2, 0) is 0 Å². The molecule has 3 aromatic heterocycles. The molecular formula is C22H14N2O2S. The van der Waals surface area contributed by atoms with Crippen molar-refractivity contribution in [1.82, 2.24) is 9.97 Å². The number of rotatable bonds is 2. The number of benzene rings is 2. The van der Waals surface area contributed by atoms with Crippen molar-refractivity contribution in [1.29, 1.82) is 0 Å². The second-order valence-corrected chi connectivity index (χ2v) is 7.32. The molecule has 0 saturated heterocycles. The van der Waals surface area contributed by atoms with Gasteiger partial charge in [0.05, 0.1) is 5.69 Å². The summed E-state index contributed by atoms with van der Waals surface area (Å²) in [5, 5.41) is 0.916.